The van der Waals surface area contributed by atoms with E-state index in [1.807, 2.05) is 0 Å². The average Bonchev–Trinajstić information content (AvgIpc) is 2.26. The first-order chi connectivity index (χ1) is 8.35. The van der Waals surface area contributed by atoms with E-state index in [0.29, 0.717) is 4.47 Å². The summed E-state index contributed by atoms with van der Waals surface area (Å²) in [6, 6.07) is 5.50. The van der Waals surface area contributed by atoms with Gasteiger partial charge in [0.2, 0.25) is 0 Å². The lowest BCUT2D eigenvalue weighted by Crippen LogP contribution is -2.19. The fourth-order valence-electron chi connectivity index (χ4n) is 1.33. The Bertz CT molecular complexity index is 633. The van der Waals surface area contributed by atoms with Crippen LogP contribution in [0.2, 0.25) is 0 Å². The Hall–Kier alpha value is -1.50. The molecule has 0 spiro atoms. The van der Waals surface area contributed by atoms with Crippen LogP contribution in [0.5, 0.6) is 5.95 Å². The second-order valence-electron chi connectivity index (χ2n) is 3.47. The fourth-order valence-corrected chi connectivity index (χ4v) is 1.69. The molecule has 3 nitrogen and oxygen atoms in total. The van der Waals surface area contributed by atoms with Gasteiger partial charge in [-0.2, -0.15) is 13.2 Å². The van der Waals surface area contributed by atoms with Gasteiger partial charge < -0.3 is 9.15 Å². The number of fused-ring (bicyclic) bond motifs is 1. The highest BCUT2D eigenvalue weighted by molar-refractivity contribution is 9.10. The molecule has 96 valence electrons. The van der Waals surface area contributed by atoms with Crippen molar-refractivity contribution >= 4 is 26.9 Å². The van der Waals surface area contributed by atoms with E-state index in [4.69, 9.17) is 4.42 Å². The monoisotopic (exact) mass is 322 g/mol. The van der Waals surface area contributed by atoms with Crippen LogP contribution in [0.1, 0.15) is 0 Å². The number of benzene rings is 1. The highest BCUT2D eigenvalue weighted by atomic mass is 79.9. The maximum atomic E-state index is 12.0. The zero-order chi connectivity index (χ0) is 13.3. The third-order valence-electron chi connectivity index (χ3n) is 2.04. The van der Waals surface area contributed by atoms with Crippen molar-refractivity contribution in [2.24, 2.45) is 0 Å². The maximum absolute atomic E-state index is 12.0. The van der Waals surface area contributed by atoms with E-state index in [1.165, 1.54) is 12.1 Å². The summed E-state index contributed by atoms with van der Waals surface area (Å²) in [6.45, 7) is -1.50. The van der Waals surface area contributed by atoms with Gasteiger partial charge in [0.15, 0.2) is 12.0 Å². The third kappa shape index (κ3) is 3.04. The Labute approximate surface area is 107 Å². The molecule has 0 bridgehead atoms. The van der Waals surface area contributed by atoms with Crippen molar-refractivity contribution in [2.45, 2.75) is 6.18 Å². The van der Waals surface area contributed by atoms with E-state index in [0.717, 1.165) is 6.07 Å². The molecule has 18 heavy (non-hydrogen) atoms. The molecule has 0 aliphatic carbocycles. The summed E-state index contributed by atoms with van der Waals surface area (Å²) in [4.78, 5) is 11.6. The van der Waals surface area contributed by atoms with E-state index < -0.39 is 24.2 Å². The predicted octanol–water partition coefficient (Wildman–Crippen LogP) is 3.50. The summed E-state index contributed by atoms with van der Waals surface area (Å²) in [5, 5.41) is 0.267. The van der Waals surface area contributed by atoms with Gasteiger partial charge in [-0.1, -0.05) is 15.9 Å². The van der Waals surface area contributed by atoms with Gasteiger partial charge in [-0.15, -0.1) is 0 Å². The SMILES string of the molecule is O=c1cc(OCC(F)(F)F)oc2ccc(Br)cc12. The van der Waals surface area contributed by atoms with Gasteiger partial charge in [0.25, 0.3) is 5.95 Å². The molecule has 2 aromatic rings. The summed E-state index contributed by atoms with van der Waals surface area (Å²) in [5.74, 6) is -0.452. The van der Waals surface area contributed by atoms with Gasteiger partial charge in [0, 0.05) is 4.47 Å². The van der Waals surface area contributed by atoms with Gasteiger partial charge in [-0.05, 0) is 18.2 Å². The smallest absolute Gasteiger partial charge is 0.422 e. The van der Waals surface area contributed by atoms with E-state index >= 15 is 0 Å². The van der Waals surface area contributed by atoms with Crippen LogP contribution in [0, 0.1) is 0 Å². The number of rotatable bonds is 2. The molecule has 0 radical (unpaired) electrons. The van der Waals surface area contributed by atoms with Crippen molar-refractivity contribution in [1.29, 1.82) is 0 Å². The van der Waals surface area contributed by atoms with Gasteiger partial charge in [-0.25, -0.2) is 0 Å². The molecule has 1 aromatic carbocycles. The second kappa shape index (κ2) is 4.64. The number of alkyl halides is 3. The number of hydrogen-bond acceptors (Lipinski definition) is 3. The molecule has 0 N–H and O–H groups in total. The molecule has 7 heteroatoms. The summed E-state index contributed by atoms with van der Waals surface area (Å²) >= 11 is 3.18. The minimum atomic E-state index is -4.48. The zero-order valence-electron chi connectivity index (χ0n) is 8.75. The summed E-state index contributed by atoms with van der Waals surface area (Å²) in [6.07, 6.45) is -4.48. The Morgan fingerprint density at radius 2 is 2.00 bits per heavy atom. The Morgan fingerprint density at radius 3 is 2.67 bits per heavy atom. The lowest BCUT2D eigenvalue weighted by atomic mass is 10.2. The standard InChI is InChI=1S/C11H6BrF3O3/c12-6-1-2-9-7(3-6)8(16)4-10(18-9)17-5-11(13,14)15/h1-4H,5H2. The van der Waals surface area contributed by atoms with E-state index in [9.17, 15) is 18.0 Å². The van der Waals surface area contributed by atoms with E-state index in [-0.39, 0.29) is 11.0 Å². The maximum Gasteiger partial charge on any atom is 0.422 e. The molecule has 0 saturated carbocycles. The molecule has 0 unspecified atom stereocenters. The second-order valence-corrected chi connectivity index (χ2v) is 4.39. The zero-order valence-corrected chi connectivity index (χ0v) is 10.3. The number of halogens is 4. The van der Waals surface area contributed by atoms with Gasteiger partial charge in [0.05, 0.1) is 11.5 Å². The molecule has 2 rings (SSSR count). The Balaban J connectivity index is 2.38. The highest BCUT2D eigenvalue weighted by Crippen LogP contribution is 2.22. The quantitative estimate of drug-likeness (QED) is 0.849. The number of ether oxygens (including phenoxy) is 1. The molecule has 0 aliphatic rings. The molecule has 0 atom stereocenters. The van der Waals surface area contributed by atoms with Crippen molar-refractivity contribution in [2.75, 3.05) is 6.61 Å². The molecule has 1 heterocycles. The van der Waals surface area contributed by atoms with Crippen LogP contribution < -0.4 is 10.2 Å². The summed E-state index contributed by atoms with van der Waals surface area (Å²) < 4.78 is 46.0. The molecule has 0 saturated heterocycles. The topological polar surface area (TPSA) is 39.4 Å². The predicted molar refractivity (Wildman–Crippen MR) is 61.7 cm³/mol. The third-order valence-corrected chi connectivity index (χ3v) is 2.54. The minimum Gasteiger partial charge on any atom is -0.455 e. The van der Waals surface area contributed by atoms with Crippen molar-refractivity contribution < 1.29 is 22.3 Å². The largest absolute Gasteiger partial charge is 0.455 e. The first kappa shape index (κ1) is 12.9. The Kier molecular flexibility index (Phi) is 3.34. The first-order valence-corrected chi connectivity index (χ1v) is 5.57. The van der Waals surface area contributed by atoms with Crippen LogP contribution in [0.25, 0.3) is 11.0 Å². The summed E-state index contributed by atoms with van der Waals surface area (Å²) in [7, 11) is 0. The van der Waals surface area contributed by atoms with E-state index in [1.54, 1.807) is 6.07 Å². The molecule has 0 amide bonds. The van der Waals surface area contributed by atoms with Crippen LogP contribution in [-0.2, 0) is 0 Å². The molecule has 0 aliphatic heterocycles. The lowest BCUT2D eigenvalue weighted by molar-refractivity contribution is -0.156. The fraction of sp³-hybridized carbons (Fsp3) is 0.182. The van der Waals surface area contributed by atoms with Gasteiger partial charge >= 0.3 is 6.18 Å². The summed E-state index contributed by atoms with van der Waals surface area (Å²) in [5.41, 5.74) is -0.294. The van der Waals surface area contributed by atoms with E-state index in [2.05, 4.69) is 20.7 Å². The van der Waals surface area contributed by atoms with Gasteiger partial charge in [-0.3, -0.25) is 4.79 Å². The molecular formula is C11H6BrF3O3. The number of hydrogen-bond donors (Lipinski definition) is 0. The highest BCUT2D eigenvalue weighted by Gasteiger charge is 2.29. The van der Waals surface area contributed by atoms with Crippen LogP contribution in [-0.4, -0.2) is 12.8 Å². The minimum absolute atomic E-state index is 0.169. The molecular weight excluding hydrogens is 317 g/mol. The molecule has 1 aromatic heterocycles. The first-order valence-electron chi connectivity index (χ1n) is 4.78. The molecule has 0 fully saturated rings. The Morgan fingerprint density at radius 1 is 1.28 bits per heavy atom. The van der Waals surface area contributed by atoms with Crippen molar-refractivity contribution in [3.63, 3.8) is 0 Å². The van der Waals surface area contributed by atoms with Crippen LogP contribution in [0.4, 0.5) is 13.2 Å². The van der Waals surface area contributed by atoms with Crippen LogP contribution in [0.3, 0.4) is 0 Å². The van der Waals surface area contributed by atoms with Crippen LogP contribution >= 0.6 is 15.9 Å². The lowest BCUT2D eigenvalue weighted by Gasteiger charge is -2.08. The van der Waals surface area contributed by atoms with Crippen molar-refractivity contribution in [3.8, 4) is 5.95 Å². The average molecular weight is 323 g/mol. The normalized spacial score (nSPS) is 11.8. The van der Waals surface area contributed by atoms with Gasteiger partial charge in [0.1, 0.15) is 5.58 Å². The van der Waals surface area contributed by atoms with Crippen LogP contribution in [0.15, 0.2) is 37.9 Å². The van der Waals surface area contributed by atoms with Crippen molar-refractivity contribution in [3.05, 3.63) is 39.0 Å². The van der Waals surface area contributed by atoms with Crippen molar-refractivity contribution in [1.82, 2.24) is 0 Å².